The molecule has 28 heavy (non-hydrogen) atoms. The maximum atomic E-state index is 12.9. The van der Waals surface area contributed by atoms with Crippen LogP contribution in [0.4, 0.5) is 0 Å². The van der Waals surface area contributed by atoms with E-state index in [1.54, 1.807) is 41.0 Å². The summed E-state index contributed by atoms with van der Waals surface area (Å²) in [6.07, 6.45) is 0. The average molecular weight is 458 g/mol. The lowest BCUT2D eigenvalue weighted by molar-refractivity contribution is 0.344. The summed E-state index contributed by atoms with van der Waals surface area (Å²) in [5, 5.41) is 2.80. The van der Waals surface area contributed by atoms with Gasteiger partial charge in [-0.15, -0.1) is 0 Å². The first-order chi connectivity index (χ1) is 13.3. The van der Waals surface area contributed by atoms with E-state index in [0.717, 1.165) is 0 Å². The molecule has 0 bridgehead atoms. The molecule has 3 aromatic rings. The lowest BCUT2D eigenvalue weighted by atomic mass is 10.2. The van der Waals surface area contributed by atoms with Crippen molar-refractivity contribution in [1.82, 2.24) is 9.55 Å². The van der Waals surface area contributed by atoms with Crippen LogP contribution in [0, 0.1) is 5.92 Å². The molecule has 0 N–H and O–H groups in total. The van der Waals surface area contributed by atoms with Gasteiger partial charge in [-0.2, -0.15) is 0 Å². The highest BCUT2D eigenvalue weighted by Gasteiger charge is 2.13. The zero-order valence-corrected chi connectivity index (χ0v) is 18.5. The van der Waals surface area contributed by atoms with Crippen molar-refractivity contribution in [3.8, 4) is 5.75 Å². The molecule has 3 rings (SSSR count). The largest absolute Gasteiger partial charge is 0.491 e. The van der Waals surface area contributed by atoms with E-state index in [-0.39, 0.29) is 5.56 Å². The molecule has 0 saturated carbocycles. The number of aromatic nitrogens is 2. The Morgan fingerprint density at radius 1 is 1.11 bits per heavy atom. The zero-order valence-electron chi connectivity index (χ0n) is 15.4. The summed E-state index contributed by atoms with van der Waals surface area (Å²) in [4.78, 5) is 17.6. The molecule has 1 aromatic heterocycles. The number of nitrogens with zero attached hydrogens (tertiary/aromatic N) is 2. The minimum atomic E-state index is -0.0560. The lowest BCUT2D eigenvalue weighted by Gasteiger charge is -2.15. The van der Waals surface area contributed by atoms with Crippen molar-refractivity contribution in [3.05, 3.63) is 61.8 Å². The molecule has 8 heteroatoms. The van der Waals surface area contributed by atoms with Gasteiger partial charge in [0.2, 0.25) is 0 Å². The number of thioether (sulfide) groups is 1. The van der Waals surface area contributed by atoms with Gasteiger partial charge in [-0.25, -0.2) is 4.98 Å². The highest BCUT2D eigenvalue weighted by molar-refractivity contribution is 7.99. The average Bonchev–Trinajstić information content (AvgIpc) is 2.62. The second-order valence-corrected chi connectivity index (χ2v) is 8.98. The Morgan fingerprint density at radius 2 is 1.82 bits per heavy atom. The fourth-order valence-electron chi connectivity index (χ4n) is 2.69. The molecule has 0 aliphatic carbocycles. The molecular formula is C20H19Cl3N2O2S. The molecule has 0 spiro atoms. The third-order valence-electron chi connectivity index (χ3n) is 3.90. The maximum absolute atomic E-state index is 12.9. The van der Waals surface area contributed by atoms with Gasteiger partial charge in [0.05, 0.1) is 22.5 Å². The van der Waals surface area contributed by atoms with Crippen LogP contribution in [0.15, 0.2) is 46.3 Å². The molecule has 0 saturated heterocycles. The highest BCUT2D eigenvalue weighted by atomic mass is 35.5. The van der Waals surface area contributed by atoms with E-state index < -0.39 is 0 Å². The smallest absolute Gasteiger partial charge is 0.262 e. The zero-order chi connectivity index (χ0) is 20.3. The summed E-state index contributed by atoms with van der Waals surface area (Å²) >= 11 is 19.6. The summed E-state index contributed by atoms with van der Waals surface area (Å²) in [5.74, 6) is 1.49. The van der Waals surface area contributed by atoms with Gasteiger partial charge in [0.25, 0.3) is 5.56 Å². The fraction of sp³-hybridized carbons (Fsp3) is 0.300. The first kappa shape index (κ1) is 21.3. The molecule has 0 amide bonds. The van der Waals surface area contributed by atoms with Gasteiger partial charge in [-0.05, 0) is 42.3 Å². The van der Waals surface area contributed by atoms with Crippen LogP contribution in [0.1, 0.15) is 13.8 Å². The Balaban J connectivity index is 1.79. The van der Waals surface area contributed by atoms with Crippen LogP contribution in [0.5, 0.6) is 5.75 Å². The molecule has 0 radical (unpaired) electrons. The van der Waals surface area contributed by atoms with E-state index in [2.05, 4.69) is 18.8 Å². The third-order valence-corrected chi connectivity index (χ3v) is 5.60. The first-order valence-electron chi connectivity index (χ1n) is 8.76. The molecule has 4 nitrogen and oxygen atoms in total. The van der Waals surface area contributed by atoms with E-state index in [9.17, 15) is 4.79 Å². The minimum Gasteiger partial charge on any atom is -0.491 e. The Morgan fingerprint density at radius 3 is 2.54 bits per heavy atom. The topological polar surface area (TPSA) is 44.1 Å². The predicted octanol–water partition coefficient (Wildman–Crippen LogP) is 6.18. The molecule has 2 aromatic carbocycles. The normalized spacial score (nSPS) is 11.4. The van der Waals surface area contributed by atoms with Gasteiger partial charge < -0.3 is 4.74 Å². The molecule has 1 heterocycles. The summed E-state index contributed by atoms with van der Waals surface area (Å²) in [7, 11) is 0. The number of halogens is 3. The Labute approximate surface area is 182 Å². The molecular weight excluding hydrogens is 439 g/mol. The van der Waals surface area contributed by atoms with Gasteiger partial charge >= 0.3 is 0 Å². The molecule has 0 atom stereocenters. The summed E-state index contributed by atoms with van der Waals surface area (Å²) < 4.78 is 7.45. The SMILES string of the molecule is CC(C)Cn1c(SCCOc2ccc(Cl)cc2Cl)nc2cc(Cl)ccc2c1=O. The van der Waals surface area contributed by atoms with Crippen LogP contribution in [-0.2, 0) is 6.54 Å². The molecule has 0 aliphatic rings. The highest BCUT2D eigenvalue weighted by Crippen LogP contribution is 2.28. The van der Waals surface area contributed by atoms with E-state index in [0.29, 0.717) is 61.7 Å². The van der Waals surface area contributed by atoms with Gasteiger partial charge in [-0.3, -0.25) is 9.36 Å². The van der Waals surface area contributed by atoms with Crippen LogP contribution < -0.4 is 10.3 Å². The summed E-state index contributed by atoms with van der Waals surface area (Å²) in [6, 6.07) is 10.3. The summed E-state index contributed by atoms with van der Waals surface area (Å²) in [5.41, 5.74) is 0.543. The van der Waals surface area contributed by atoms with Gasteiger partial charge in [-0.1, -0.05) is 60.4 Å². The van der Waals surface area contributed by atoms with Crippen LogP contribution in [-0.4, -0.2) is 21.9 Å². The van der Waals surface area contributed by atoms with Crippen molar-refractivity contribution in [1.29, 1.82) is 0 Å². The van der Waals surface area contributed by atoms with Crippen molar-refractivity contribution in [2.45, 2.75) is 25.5 Å². The van der Waals surface area contributed by atoms with Gasteiger partial charge in [0.1, 0.15) is 5.75 Å². The van der Waals surface area contributed by atoms with Crippen LogP contribution in [0.2, 0.25) is 15.1 Å². The number of hydrogen-bond acceptors (Lipinski definition) is 4. The van der Waals surface area contributed by atoms with E-state index in [4.69, 9.17) is 39.5 Å². The minimum absolute atomic E-state index is 0.0560. The number of ether oxygens (including phenoxy) is 1. The first-order valence-corrected chi connectivity index (χ1v) is 10.9. The molecule has 148 valence electrons. The third kappa shape index (κ3) is 5.15. The number of fused-ring (bicyclic) bond motifs is 1. The van der Waals surface area contributed by atoms with Crippen molar-refractivity contribution < 1.29 is 4.74 Å². The maximum Gasteiger partial charge on any atom is 0.262 e. The van der Waals surface area contributed by atoms with Crippen molar-refractivity contribution in [2.24, 2.45) is 5.92 Å². The second kappa shape index (κ2) is 9.40. The molecule has 0 unspecified atom stereocenters. The van der Waals surface area contributed by atoms with E-state index >= 15 is 0 Å². The monoisotopic (exact) mass is 456 g/mol. The van der Waals surface area contributed by atoms with Gasteiger partial charge in [0, 0.05) is 22.3 Å². The lowest BCUT2D eigenvalue weighted by Crippen LogP contribution is -2.25. The molecule has 0 aliphatic heterocycles. The van der Waals surface area contributed by atoms with Crippen LogP contribution in [0.3, 0.4) is 0 Å². The van der Waals surface area contributed by atoms with E-state index in [1.165, 1.54) is 11.8 Å². The molecule has 0 fully saturated rings. The standard InChI is InChI=1S/C20H19Cl3N2O2S/c1-12(2)11-25-19(26)15-5-3-14(22)10-17(15)24-20(25)28-8-7-27-18-6-4-13(21)9-16(18)23/h3-6,9-10,12H,7-8,11H2,1-2H3. The van der Waals surface area contributed by atoms with E-state index in [1.807, 2.05) is 0 Å². The van der Waals surface area contributed by atoms with Crippen molar-refractivity contribution in [3.63, 3.8) is 0 Å². The van der Waals surface area contributed by atoms with Crippen LogP contribution in [0.25, 0.3) is 10.9 Å². The number of benzene rings is 2. The second-order valence-electron chi connectivity index (χ2n) is 6.64. The van der Waals surface area contributed by atoms with Crippen LogP contribution >= 0.6 is 46.6 Å². The van der Waals surface area contributed by atoms with Crippen molar-refractivity contribution >= 4 is 57.5 Å². The fourth-order valence-corrected chi connectivity index (χ4v) is 4.14. The van der Waals surface area contributed by atoms with Crippen molar-refractivity contribution in [2.75, 3.05) is 12.4 Å². The Bertz CT molecular complexity index is 1050. The van der Waals surface area contributed by atoms with Gasteiger partial charge in [0.15, 0.2) is 5.16 Å². The number of hydrogen-bond donors (Lipinski definition) is 0. The predicted molar refractivity (Wildman–Crippen MR) is 119 cm³/mol. The summed E-state index contributed by atoms with van der Waals surface area (Å²) in [6.45, 7) is 5.14. The Hall–Kier alpha value is -1.40. The quantitative estimate of drug-likeness (QED) is 0.241. The number of rotatable bonds is 7. The Kier molecular flexibility index (Phi) is 7.15.